The number of hydrogen-bond donors (Lipinski definition) is 1. The van der Waals surface area contributed by atoms with Crippen molar-refractivity contribution in [2.75, 3.05) is 7.05 Å². The molecule has 0 spiro atoms. The normalized spacial score (nSPS) is 33.9. The Morgan fingerprint density at radius 1 is 1.29 bits per heavy atom. The maximum atomic E-state index is 4.24. The number of aromatic nitrogens is 2. The second kappa shape index (κ2) is 5.67. The molecule has 96 valence electrons. The molecule has 4 unspecified atom stereocenters. The highest BCUT2D eigenvalue weighted by Crippen LogP contribution is 2.40. The van der Waals surface area contributed by atoms with E-state index in [4.69, 9.17) is 0 Å². The van der Waals surface area contributed by atoms with Crippen LogP contribution in [0, 0.1) is 18.8 Å². The zero-order valence-corrected chi connectivity index (χ0v) is 12.6. The van der Waals surface area contributed by atoms with Gasteiger partial charge in [0.1, 0.15) is 5.01 Å². The summed E-state index contributed by atoms with van der Waals surface area (Å²) in [4.78, 5) is 0. The fourth-order valence-electron chi connectivity index (χ4n) is 2.75. The van der Waals surface area contributed by atoms with E-state index in [1.165, 1.54) is 12.8 Å². The van der Waals surface area contributed by atoms with Crippen molar-refractivity contribution in [1.29, 1.82) is 0 Å². The van der Waals surface area contributed by atoms with Gasteiger partial charge >= 0.3 is 0 Å². The fourth-order valence-corrected chi connectivity index (χ4v) is 5.13. The maximum absolute atomic E-state index is 4.24. The van der Waals surface area contributed by atoms with Gasteiger partial charge in [-0.05, 0) is 38.6 Å². The van der Waals surface area contributed by atoms with Crippen molar-refractivity contribution in [3.63, 3.8) is 0 Å². The lowest BCUT2D eigenvalue weighted by molar-refractivity contribution is 0.257. The van der Waals surface area contributed by atoms with Crippen LogP contribution in [0.4, 0.5) is 0 Å². The lowest BCUT2D eigenvalue weighted by Crippen LogP contribution is -2.44. The van der Waals surface area contributed by atoms with Gasteiger partial charge in [0.15, 0.2) is 4.34 Å². The summed E-state index contributed by atoms with van der Waals surface area (Å²) in [6.07, 6.45) is 2.60. The molecule has 1 heterocycles. The third-order valence-electron chi connectivity index (χ3n) is 3.50. The zero-order chi connectivity index (χ0) is 12.4. The molecule has 1 aliphatic rings. The van der Waals surface area contributed by atoms with Crippen LogP contribution in [0.5, 0.6) is 0 Å². The Labute approximate surface area is 112 Å². The van der Waals surface area contributed by atoms with E-state index in [0.717, 1.165) is 21.2 Å². The van der Waals surface area contributed by atoms with Crippen LogP contribution in [0.25, 0.3) is 0 Å². The highest BCUT2D eigenvalue weighted by atomic mass is 32.2. The number of nitrogens with one attached hydrogen (secondary N) is 1. The lowest BCUT2D eigenvalue weighted by Gasteiger charge is -2.38. The van der Waals surface area contributed by atoms with E-state index in [0.29, 0.717) is 11.3 Å². The first-order chi connectivity index (χ1) is 8.10. The third-order valence-corrected chi connectivity index (χ3v) is 6.02. The van der Waals surface area contributed by atoms with E-state index in [1.54, 1.807) is 11.3 Å². The monoisotopic (exact) mass is 271 g/mol. The molecule has 1 fully saturated rings. The van der Waals surface area contributed by atoms with Gasteiger partial charge in [0, 0.05) is 11.3 Å². The van der Waals surface area contributed by atoms with Crippen LogP contribution in [0.15, 0.2) is 4.34 Å². The molecule has 1 aromatic heterocycles. The Bertz CT molecular complexity index is 366. The quantitative estimate of drug-likeness (QED) is 0.917. The summed E-state index contributed by atoms with van der Waals surface area (Å²) in [5.74, 6) is 1.57. The van der Waals surface area contributed by atoms with Crippen molar-refractivity contribution in [3.05, 3.63) is 5.01 Å². The van der Waals surface area contributed by atoms with Gasteiger partial charge in [0.25, 0.3) is 0 Å². The standard InChI is InChI=1S/C12H21N3S2/c1-7-5-8(2)11(10(6-7)13-4)17-12-15-14-9(3)16-12/h7-8,10-11,13H,5-6H2,1-4H3. The average Bonchev–Trinajstić information content (AvgIpc) is 2.67. The van der Waals surface area contributed by atoms with Crippen molar-refractivity contribution in [2.45, 2.75) is 49.2 Å². The first-order valence-electron chi connectivity index (χ1n) is 6.24. The van der Waals surface area contributed by atoms with Gasteiger partial charge in [-0.25, -0.2) is 0 Å². The van der Waals surface area contributed by atoms with E-state index in [1.807, 2.05) is 18.7 Å². The Kier molecular flexibility index (Phi) is 4.44. The van der Waals surface area contributed by atoms with Gasteiger partial charge in [-0.2, -0.15) is 0 Å². The van der Waals surface area contributed by atoms with Gasteiger partial charge in [0.2, 0.25) is 0 Å². The molecule has 0 radical (unpaired) electrons. The molecule has 4 atom stereocenters. The van der Waals surface area contributed by atoms with Crippen LogP contribution >= 0.6 is 23.1 Å². The van der Waals surface area contributed by atoms with E-state index in [2.05, 4.69) is 36.4 Å². The second-order valence-electron chi connectivity index (χ2n) is 5.12. The SMILES string of the molecule is CNC1CC(C)CC(C)C1Sc1nnc(C)s1. The number of nitrogens with zero attached hydrogens (tertiary/aromatic N) is 2. The summed E-state index contributed by atoms with van der Waals surface area (Å²) < 4.78 is 1.12. The molecular formula is C12H21N3S2. The number of hydrogen-bond acceptors (Lipinski definition) is 5. The topological polar surface area (TPSA) is 37.8 Å². The molecule has 0 amide bonds. The van der Waals surface area contributed by atoms with E-state index in [9.17, 15) is 0 Å². The molecule has 5 heteroatoms. The molecule has 1 saturated carbocycles. The zero-order valence-electron chi connectivity index (χ0n) is 10.9. The predicted octanol–water partition coefficient (Wildman–Crippen LogP) is 2.96. The smallest absolute Gasteiger partial charge is 0.174 e. The minimum absolute atomic E-state index is 0.600. The van der Waals surface area contributed by atoms with Crippen molar-refractivity contribution in [2.24, 2.45) is 11.8 Å². The Morgan fingerprint density at radius 2 is 2.06 bits per heavy atom. The van der Waals surface area contributed by atoms with Crippen LogP contribution in [-0.4, -0.2) is 28.5 Å². The number of thioether (sulfide) groups is 1. The molecule has 0 aromatic carbocycles. The number of aryl methyl sites for hydroxylation is 1. The fraction of sp³-hybridized carbons (Fsp3) is 0.833. The van der Waals surface area contributed by atoms with Crippen LogP contribution < -0.4 is 5.32 Å². The molecule has 1 N–H and O–H groups in total. The first kappa shape index (κ1) is 13.3. The average molecular weight is 271 g/mol. The molecule has 1 aromatic rings. The van der Waals surface area contributed by atoms with Crippen LogP contribution in [0.2, 0.25) is 0 Å². The molecule has 0 bridgehead atoms. The van der Waals surface area contributed by atoms with E-state index < -0.39 is 0 Å². The number of rotatable bonds is 3. The summed E-state index contributed by atoms with van der Waals surface area (Å²) in [6.45, 7) is 6.74. The van der Waals surface area contributed by atoms with Gasteiger partial charge in [-0.3, -0.25) is 0 Å². The van der Waals surface area contributed by atoms with Crippen molar-refractivity contribution < 1.29 is 0 Å². The highest BCUT2D eigenvalue weighted by molar-refractivity contribution is 8.01. The predicted molar refractivity (Wildman–Crippen MR) is 74.7 cm³/mol. The maximum Gasteiger partial charge on any atom is 0.174 e. The molecule has 17 heavy (non-hydrogen) atoms. The van der Waals surface area contributed by atoms with E-state index >= 15 is 0 Å². The summed E-state index contributed by atoms with van der Waals surface area (Å²) in [7, 11) is 2.08. The summed E-state index contributed by atoms with van der Waals surface area (Å²) in [5.41, 5.74) is 0. The Balaban J connectivity index is 2.06. The summed E-state index contributed by atoms with van der Waals surface area (Å²) >= 11 is 3.62. The van der Waals surface area contributed by atoms with Crippen molar-refractivity contribution >= 4 is 23.1 Å². The Hall–Kier alpha value is -0.130. The van der Waals surface area contributed by atoms with Crippen LogP contribution in [0.3, 0.4) is 0 Å². The Morgan fingerprint density at radius 3 is 2.65 bits per heavy atom. The van der Waals surface area contributed by atoms with Crippen molar-refractivity contribution in [3.8, 4) is 0 Å². The summed E-state index contributed by atoms with van der Waals surface area (Å²) in [5, 5.41) is 13.5. The van der Waals surface area contributed by atoms with Gasteiger partial charge < -0.3 is 5.32 Å². The van der Waals surface area contributed by atoms with Crippen LogP contribution in [0.1, 0.15) is 31.7 Å². The van der Waals surface area contributed by atoms with Gasteiger partial charge in [-0.15, -0.1) is 10.2 Å². The molecule has 0 saturated heterocycles. The van der Waals surface area contributed by atoms with Gasteiger partial charge in [0.05, 0.1) is 0 Å². The molecular weight excluding hydrogens is 250 g/mol. The van der Waals surface area contributed by atoms with Crippen LogP contribution in [-0.2, 0) is 0 Å². The third kappa shape index (κ3) is 3.20. The molecule has 0 aliphatic heterocycles. The minimum atomic E-state index is 0.600. The van der Waals surface area contributed by atoms with Gasteiger partial charge in [-0.1, -0.05) is 36.9 Å². The van der Waals surface area contributed by atoms with E-state index in [-0.39, 0.29) is 0 Å². The van der Waals surface area contributed by atoms with Crippen molar-refractivity contribution in [1.82, 2.24) is 15.5 Å². The molecule has 2 rings (SSSR count). The first-order valence-corrected chi connectivity index (χ1v) is 7.93. The second-order valence-corrected chi connectivity index (χ2v) is 7.73. The highest BCUT2D eigenvalue weighted by Gasteiger charge is 2.34. The molecule has 1 aliphatic carbocycles. The minimum Gasteiger partial charge on any atom is -0.316 e. The lowest BCUT2D eigenvalue weighted by atomic mass is 9.80. The molecule has 3 nitrogen and oxygen atoms in total. The summed E-state index contributed by atoms with van der Waals surface area (Å²) in [6, 6.07) is 0.600. The largest absolute Gasteiger partial charge is 0.316 e.